The number of carbonyl (C=O) groups excluding carboxylic acids is 2. The second-order valence-electron chi connectivity index (χ2n) is 5.70. The highest BCUT2D eigenvalue weighted by Gasteiger charge is 2.22. The number of carbonyl (C=O) groups is 2. The molecule has 1 aromatic carbocycles. The van der Waals surface area contributed by atoms with Gasteiger partial charge in [0.2, 0.25) is 15.9 Å². The molecule has 0 bridgehead atoms. The normalized spacial score (nSPS) is 11.1. The molecule has 0 radical (unpaired) electrons. The second kappa shape index (κ2) is 8.67. The standard InChI is InChI=1S/C17H21N3O6S/c1-4-25-17(22)13-7-5-6-8-14(13)18-16(21)9-10-20(27(3,23)24)15-11-12(2)26-19-15/h5-8,11H,4,9-10H2,1-3H3,(H,18,21). The number of para-hydroxylation sites is 1. The van der Waals surface area contributed by atoms with Crippen molar-refractivity contribution < 1.29 is 27.3 Å². The predicted molar refractivity (Wildman–Crippen MR) is 99.1 cm³/mol. The Bertz CT molecular complexity index is 922. The monoisotopic (exact) mass is 395 g/mol. The average molecular weight is 395 g/mol. The van der Waals surface area contributed by atoms with Crippen molar-refractivity contribution in [3.8, 4) is 0 Å². The minimum absolute atomic E-state index is 0.106. The van der Waals surface area contributed by atoms with Gasteiger partial charge in [0.25, 0.3) is 0 Å². The molecule has 0 saturated carbocycles. The van der Waals surface area contributed by atoms with E-state index in [2.05, 4.69) is 10.5 Å². The molecule has 0 aliphatic carbocycles. The van der Waals surface area contributed by atoms with E-state index in [9.17, 15) is 18.0 Å². The lowest BCUT2D eigenvalue weighted by atomic mass is 10.1. The number of aromatic nitrogens is 1. The van der Waals surface area contributed by atoms with Crippen LogP contribution >= 0.6 is 0 Å². The van der Waals surface area contributed by atoms with Crippen LogP contribution < -0.4 is 9.62 Å². The lowest BCUT2D eigenvalue weighted by Gasteiger charge is -2.18. The maximum absolute atomic E-state index is 12.3. The number of anilines is 2. The van der Waals surface area contributed by atoms with Crippen molar-refractivity contribution in [2.45, 2.75) is 20.3 Å². The molecule has 146 valence electrons. The number of rotatable bonds is 8. The summed E-state index contributed by atoms with van der Waals surface area (Å²) in [7, 11) is -3.65. The van der Waals surface area contributed by atoms with Crippen LogP contribution in [0.1, 0.15) is 29.5 Å². The van der Waals surface area contributed by atoms with Gasteiger partial charge in [-0.05, 0) is 26.0 Å². The zero-order valence-corrected chi connectivity index (χ0v) is 16.1. The summed E-state index contributed by atoms with van der Waals surface area (Å²) in [5, 5.41) is 6.29. The molecular formula is C17H21N3O6S. The summed E-state index contributed by atoms with van der Waals surface area (Å²) in [6.45, 7) is 3.40. The third-order valence-corrected chi connectivity index (χ3v) is 4.68. The Morgan fingerprint density at radius 2 is 2.00 bits per heavy atom. The number of sulfonamides is 1. The maximum Gasteiger partial charge on any atom is 0.340 e. The van der Waals surface area contributed by atoms with Crippen LogP contribution in [-0.4, -0.2) is 44.9 Å². The summed E-state index contributed by atoms with van der Waals surface area (Å²) in [5.74, 6) is -0.453. The summed E-state index contributed by atoms with van der Waals surface area (Å²) in [6, 6.07) is 7.89. The Hall–Kier alpha value is -2.88. The molecule has 0 aliphatic rings. The van der Waals surface area contributed by atoms with E-state index >= 15 is 0 Å². The van der Waals surface area contributed by atoms with Crippen LogP contribution in [-0.2, 0) is 19.6 Å². The van der Waals surface area contributed by atoms with Gasteiger partial charge in [0.05, 0.1) is 24.1 Å². The smallest absolute Gasteiger partial charge is 0.340 e. The van der Waals surface area contributed by atoms with Gasteiger partial charge in [-0.3, -0.25) is 9.10 Å². The Morgan fingerprint density at radius 3 is 2.59 bits per heavy atom. The Kier molecular flexibility index (Phi) is 6.56. The number of nitrogens with zero attached hydrogens (tertiary/aromatic N) is 2. The highest BCUT2D eigenvalue weighted by molar-refractivity contribution is 7.92. The summed E-state index contributed by atoms with van der Waals surface area (Å²) >= 11 is 0. The van der Waals surface area contributed by atoms with Crippen LogP contribution in [0.25, 0.3) is 0 Å². The van der Waals surface area contributed by atoms with Crippen LogP contribution in [0.4, 0.5) is 11.5 Å². The zero-order valence-electron chi connectivity index (χ0n) is 15.3. The molecular weight excluding hydrogens is 374 g/mol. The molecule has 0 aliphatic heterocycles. The van der Waals surface area contributed by atoms with Gasteiger partial charge in [-0.2, -0.15) is 0 Å². The van der Waals surface area contributed by atoms with E-state index in [1.54, 1.807) is 32.0 Å². The minimum Gasteiger partial charge on any atom is -0.462 e. The van der Waals surface area contributed by atoms with Gasteiger partial charge in [-0.1, -0.05) is 17.3 Å². The van der Waals surface area contributed by atoms with Crippen LogP contribution in [0.2, 0.25) is 0 Å². The first-order valence-corrected chi connectivity index (χ1v) is 10.0. The van der Waals surface area contributed by atoms with E-state index in [0.717, 1.165) is 10.6 Å². The van der Waals surface area contributed by atoms with E-state index in [1.807, 2.05) is 0 Å². The Balaban J connectivity index is 2.08. The fourth-order valence-electron chi connectivity index (χ4n) is 2.32. The third kappa shape index (κ3) is 5.55. The van der Waals surface area contributed by atoms with Gasteiger partial charge < -0.3 is 14.6 Å². The van der Waals surface area contributed by atoms with Crippen molar-refractivity contribution in [3.63, 3.8) is 0 Å². The van der Waals surface area contributed by atoms with Gasteiger partial charge in [-0.25, -0.2) is 13.2 Å². The number of amides is 1. The molecule has 0 atom stereocenters. The number of nitrogens with one attached hydrogen (secondary N) is 1. The predicted octanol–water partition coefficient (Wildman–Crippen LogP) is 1.95. The lowest BCUT2D eigenvalue weighted by molar-refractivity contribution is -0.116. The molecule has 27 heavy (non-hydrogen) atoms. The highest BCUT2D eigenvalue weighted by atomic mass is 32.2. The van der Waals surface area contributed by atoms with E-state index in [4.69, 9.17) is 9.26 Å². The molecule has 1 aromatic heterocycles. The zero-order chi connectivity index (χ0) is 20.0. The first-order chi connectivity index (χ1) is 12.7. The van der Waals surface area contributed by atoms with E-state index in [0.29, 0.717) is 11.4 Å². The van der Waals surface area contributed by atoms with Gasteiger partial charge >= 0.3 is 5.97 Å². The van der Waals surface area contributed by atoms with Gasteiger partial charge in [-0.15, -0.1) is 0 Å². The van der Waals surface area contributed by atoms with Gasteiger partial charge in [0.15, 0.2) is 5.82 Å². The van der Waals surface area contributed by atoms with Crippen LogP contribution in [0, 0.1) is 6.92 Å². The topological polar surface area (TPSA) is 119 Å². The SMILES string of the molecule is CCOC(=O)c1ccccc1NC(=O)CCN(c1cc(C)on1)S(C)(=O)=O. The van der Waals surface area contributed by atoms with Crippen LogP contribution in [0.5, 0.6) is 0 Å². The molecule has 0 spiro atoms. The second-order valence-corrected chi connectivity index (χ2v) is 7.60. The van der Waals surface area contributed by atoms with Crippen molar-refractivity contribution in [3.05, 3.63) is 41.7 Å². The summed E-state index contributed by atoms with van der Waals surface area (Å²) in [5.41, 5.74) is 0.518. The molecule has 2 aromatic rings. The molecule has 2 rings (SSSR count). The summed E-state index contributed by atoms with van der Waals surface area (Å²) in [4.78, 5) is 24.2. The number of hydrogen-bond acceptors (Lipinski definition) is 7. The number of esters is 1. The van der Waals surface area contributed by atoms with Crippen molar-refractivity contribution in [1.29, 1.82) is 0 Å². The molecule has 1 N–H and O–H groups in total. The Morgan fingerprint density at radius 1 is 1.30 bits per heavy atom. The average Bonchev–Trinajstić information content (AvgIpc) is 3.00. The Labute approximate surface area is 157 Å². The summed E-state index contributed by atoms with van der Waals surface area (Å²) < 4.78 is 34.8. The lowest BCUT2D eigenvalue weighted by Crippen LogP contribution is -2.33. The van der Waals surface area contributed by atoms with Crippen molar-refractivity contribution in [2.24, 2.45) is 0 Å². The van der Waals surface area contributed by atoms with Crippen molar-refractivity contribution >= 4 is 33.4 Å². The fourth-order valence-corrected chi connectivity index (χ4v) is 3.16. The maximum atomic E-state index is 12.3. The molecule has 0 unspecified atom stereocenters. The number of hydrogen-bond donors (Lipinski definition) is 1. The van der Waals surface area contributed by atoms with E-state index in [1.165, 1.54) is 12.1 Å². The van der Waals surface area contributed by atoms with E-state index in [-0.39, 0.29) is 31.0 Å². The molecule has 0 fully saturated rings. The number of benzene rings is 1. The van der Waals surface area contributed by atoms with Crippen molar-refractivity contribution in [1.82, 2.24) is 5.16 Å². The molecule has 0 saturated heterocycles. The first-order valence-electron chi connectivity index (χ1n) is 8.19. The highest BCUT2D eigenvalue weighted by Crippen LogP contribution is 2.19. The molecule has 1 amide bonds. The van der Waals surface area contributed by atoms with Crippen molar-refractivity contribution in [2.75, 3.05) is 29.0 Å². The molecule has 10 heteroatoms. The van der Waals surface area contributed by atoms with Gasteiger partial charge in [0, 0.05) is 19.0 Å². The summed E-state index contributed by atoms with van der Waals surface area (Å²) in [6.07, 6.45) is 0.876. The molecule has 9 nitrogen and oxygen atoms in total. The minimum atomic E-state index is -3.65. The third-order valence-electron chi connectivity index (χ3n) is 3.51. The fraction of sp³-hybridized carbons (Fsp3) is 0.353. The van der Waals surface area contributed by atoms with E-state index < -0.39 is 21.9 Å². The van der Waals surface area contributed by atoms with Crippen LogP contribution in [0.15, 0.2) is 34.9 Å². The number of ether oxygens (including phenoxy) is 1. The first kappa shape index (κ1) is 20.4. The largest absolute Gasteiger partial charge is 0.462 e. The van der Waals surface area contributed by atoms with Gasteiger partial charge in [0.1, 0.15) is 5.76 Å². The number of aryl methyl sites for hydroxylation is 1. The van der Waals surface area contributed by atoms with Crippen LogP contribution in [0.3, 0.4) is 0 Å². The quantitative estimate of drug-likeness (QED) is 0.679. The molecule has 1 heterocycles.